The topological polar surface area (TPSA) is 104 Å². The number of fused-ring (bicyclic) bond motifs is 3. The van der Waals surface area contributed by atoms with Crippen LogP contribution < -0.4 is 5.73 Å². The molecule has 2 fully saturated rings. The molecule has 3 rings (SSSR count). The van der Waals surface area contributed by atoms with E-state index in [1.54, 1.807) is 0 Å². The van der Waals surface area contributed by atoms with Gasteiger partial charge in [-0.1, -0.05) is 19.3 Å². The maximum Gasteiger partial charge on any atom is 0.293 e. The van der Waals surface area contributed by atoms with Crippen LogP contribution in [-0.2, 0) is 9.47 Å². The molecule has 3 aliphatic rings. The number of aliphatic imine (C=N–C) groups is 1. The standard InChI is InChI=1S/C16H22N4O2/c1-3-21-16(22-4-2)15(11-18)13(8-6-5-7-9-13)14(15,10-17)12(19)20-16/h3-9H2,1-2H3,(H2,19,20)/t14-,15+/m0/s1. The van der Waals surface area contributed by atoms with E-state index in [2.05, 4.69) is 17.1 Å². The van der Waals surface area contributed by atoms with Crippen LogP contribution in [0, 0.1) is 38.9 Å². The van der Waals surface area contributed by atoms with Crippen LogP contribution in [0.3, 0.4) is 0 Å². The van der Waals surface area contributed by atoms with Crippen LogP contribution in [-0.4, -0.2) is 25.0 Å². The maximum atomic E-state index is 10.1. The minimum Gasteiger partial charge on any atom is -0.386 e. The van der Waals surface area contributed by atoms with Gasteiger partial charge in [0.05, 0.1) is 12.1 Å². The van der Waals surface area contributed by atoms with Gasteiger partial charge in [0.2, 0.25) is 0 Å². The Morgan fingerprint density at radius 3 is 2.14 bits per heavy atom. The molecular weight excluding hydrogens is 280 g/mol. The first-order valence-electron chi connectivity index (χ1n) is 8.04. The first-order chi connectivity index (χ1) is 10.6. The summed E-state index contributed by atoms with van der Waals surface area (Å²) < 4.78 is 11.7. The Bertz CT molecular complexity index is 590. The highest BCUT2D eigenvalue weighted by Crippen LogP contribution is 2.88. The molecule has 0 saturated heterocycles. The Morgan fingerprint density at radius 1 is 1.09 bits per heavy atom. The van der Waals surface area contributed by atoms with Crippen LogP contribution in [0.1, 0.15) is 46.0 Å². The van der Waals surface area contributed by atoms with Crippen molar-refractivity contribution in [3.05, 3.63) is 0 Å². The van der Waals surface area contributed by atoms with Crippen molar-refractivity contribution >= 4 is 5.84 Å². The van der Waals surface area contributed by atoms with E-state index in [1.807, 2.05) is 13.8 Å². The Balaban J connectivity index is 2.21. The fourth-order valence-electron chi connectivity index (χ4n) is 5.12. The number of nitrogens with two attached hydrogens (primary N) is 1. The second-order valence-electron chi connectivity index (χ2n) is 6.31. The summed E-state index contributed by atoms with van der Waals surface area (Å²) in [6, 6.07) is 4.74. The van der Waals surface area contributed by atoms with Crippen LogP contribution >= 0.6 is 0 Å². The van der Waals surface area contributed by atoms with E-state index >= 15 is 0 Å². The monoisotopic (exact) mass is 302 g/mol. The van der Waals surface area contributed by atoms with Gasteiger partial charge < -0.3 is 15.2 Å². The lowest BCUT2D eigenvalue weighted by Crippen LogP contribution is -2.46. The zero-order valence-corrected chi connectivity index (χ0v) is 13.2. The third kappa shape index (κ3) is 1.22. The Hall–Kier alpha value is -1.63. The summed E-state index contributed by atoms with van der Waals surface area (Å²) in [4.78, 5) is 4.37. The predicted octanol–water partition coefficient (Wildman–Crippen LogP) is 2.07. The lowest BCUT2D eigenvalue weighted by molar-refractivity contribution is -0.262. The zero-order chi connectivity index (χ0) is 16.1. The molecular formula is C16H22N4O2. The lowest BCUT2D eigenvalue weighted by atomic mass is 9.76. The third-order valence-electron chi connectivity index (χ3n) is 5.78. The predicted molar refractivity (Wildman–Crippen MR) is 79.2 cm³/mol. The average molecular weight is 302 g/mol. The summed E-state index contributed by atoms with van der Waals surface area (Å²) in [6.07, 6.45) is 4.71. The molecule has 2 saturated carbocycles. The third-order valence-corrected chi connectivity index (χ3v) is 5.78. The van der Waals surface area contributed by atoms with Gasteiger partial charge in [0.25, 0.3) is 5.91 Å². The molecule has 1 aliphatic heterocycles. The van der Waals surface area contributed by atoms with Crippen molar-refractivity contribution in [2.45, 2.75) is 51.9 Å². The molecule has 2 N–H and O–H groups in total. The van der Waals surface area contributed by atoms with Crippen molar-refractivity contribution in [3.8, 4) is 12.1 Å². The highest BCUT2D eigenvalue weighted by atomic mass is 16.7. The van der Waals surface area contributed by atoms with E-state index in [0.29, 0.717) is 13.2 Å². The molecule has 0 aromatic heterocycles. The number of nitrogens with zero attached hydrogens (tertiary/aromatic N) is 3. The highest BCUT2D eigenvalue weighted by Gasteiger charge is 3.00. The maximum absolute atomic E-state index is 10.1. The quantitative estimate of drug-likeness (QED) is 0.800. The van der Waals surface area contributed by atoms with Crippen LogP contribution in [0.15, 0.2) is 4.99 Å². The second-order valence-corrected chi connectivity index (χ2v) is 6.31. The van der Waals surface area contributed by atoms with Crippen molar-refractivity contribution in [1.29, 1.82) is 10.5 Å². The highest BCUT2D eigenvalue weighted by molar-refractivity contribution is 6.00. The molecule has 2 aliphatic carbocycles. The number of amidine groups is 1. The second kappa shape index (κ2) is 4.68. The van der Waals surface area contributed by atoms with Crippen molar-refractivity contribution in [3.63, 3.8) is 0 Å². The summed E-state index contributed by atoms with van der Waals surface area (Å²) in [5, 5.41) is 20.0. The van der Waals surface area contributed by atoms with Crippen LogP contribution in [0.25, 0.3) is 0 Å². The van der Waals surface area contributed by atoms with Gasteiger partial charge in [-0.3, -0.25) is 0 Å². The van der Waals surface area contributed by atoms with Crippen molar-refractivity contribution in [2.75, 3.05) is 13.2 Å². The Morgan fingerprint density at radius 2 is 1.68 bits per heavy atom. The molecule has 0 aromatic carbocycles. The van der Waals surface area contributed by atoms with E-state index in [9.17, 15) is 10.5 Å². The van der Waals surface area contributed by atoms with Gasteiger partial charge >= 0.3 is 0 Å². The molecule has 0 aromatic rings. The van der Waals surface area contributed by atoms with Gasteiger partial charge in [0.15, 0.2) is 5.41 Å². The number of hydrogen-bond donors (Lipinski definition) is 1. The van der Waals surface area contributed by atoms with Crippen LogP contribution in [0.4, 0.5) is 0 Å². The van der Waals surface area contributed by atoms with Gasteiger partial charge in [-0.15, -0.1) is 0 Å². The van der Waals surface area contributed by atoms with E-state index in [-0.39, 0.29) is 5.84 Å². The smallest absolute Gasteiger partial charge is 0.293 e. The minimum atomic E-state index is -1.44. The minimum absolute atomic E-state index is 0.209. The molecule has 0 bridgehead atoms. The fraction of sp³-hybridized carbons (Fsp3) is 0.812. The number of nitriles is 2. The van der Waals surface area contributed by atoms with Crippen molar-refractivity contribution in [1.82, 2.24) is 0 Å². The molecule has 6 heteroatoms. The van der Waals surface area contributed by atoms with Gasteiger partial charge in [-0.05, 0) is 26.7 Å². The summed E-state index contributed by atoms with van der Waals surface area (Å²) in [5.41, 5.74) is 3.50. The molecule has 0 unspecified atom stereocenters. The molecule has 1 spiro atoms. The summed E-state index contributed by atoms with van der Waals surface area (Å²) in [5.74, 6) is -1.23. The summed E-state index contributed by atoms with van der Waals surface area (Å²) in [7, 11) is 0. The normalized spacial score (nSPS) is 37.0. The molecule has 0 radical (unpaired) electrons. The summed E-state index contributed by atoms with van der Waals surface area (Å²) >= 11 is 0. The van der Waals surface area contributed by atoms with E-state index in [1.165, 1.54) is 0 Å². The molecule has 2 atom stereocenters. The van der Waals surface area contributed by atoms with Gasteiger partial charge in [-0.2, -0.15) is 10.5 Å². The molecule has 0 amide bonds. The first-order valence-corrected chi connectivity index (χ1v) is 8.04. The van der Waals surface area contributed by atoms with E-state index in [0.717, 1.165) is 32.1 Å². The SMILES string of the molecule is CCOC1(OCC)N=C(N)[C@@]2(C#N)C3(CCCCC3)[C@@]12C#N. The van der Waals surface area contributed by atoms with Crippen LogP contribution in [0.2, 0.25) is 0 Å². The van der Waals surface area contributed by atoms with E-state index < -0.39 is 22.2 Å². The van der Waals surface area contributed by atoms with Gasteiger partial charge in [0, 0.05) is 18.6 Å². The Labute approximate surface area is 130 Å². The van der Waals surface area contributed by atoms with Crippen molar-refractivity contribution in [2.24, 2.45) is 27.0 Å². The average Bonchev–Trinajstić information content (AvgIpc) is 2.94. The number of ether oxygens (including phenoxy) is 2. The molecule has 22 heavy (non-hydrogen) atoms. The van der Waals surface area contributed by atoms with E-state index in [4.69, 9.17) is 15.2 Å². The van der Waals surface area contributed by atoms with Crippen molar-refractivity contribution < 1.29 is 9.47 Å². The molecule has 118 valence electrons. The number of rotatable bonds is 4. The zero-order valence-electron chi connectivity index (χ0n) is 13.2. The Kier molecular flexibility index (Phi) is 3.25. The van der Waals surface area contributed by atoms with Gasteiger partial charge in [-0.25, -0.2) is 4.99 Å². The lowest BCUT2D eigenvalue weighted by Gasteiger charge is -2.36. The van der Waals surface area contributed by atoms with Crippen LogP contribution in [0.5, 0.6) is 0 Å². The van der Waals surface area contributed by atoms with Gasteiger partial charge in [0.1, 0.15) is 11.3 Å². The molecule has 1 heterocycles. The summed E-state index contributed by atoms with van der Waals surface area (Å²) in [6.45, 7) is 4.36. The fourth-order valence-corrected chi connectivity index (χ4v) is 5.12. The largest absolute Gasteiger partial charge is 0.386 e. The number of hydrogen-bond acceptors (Lipinski definition) is 6. The first kappa shape index (κ1) is 15.3. The molecule has 6 nitrogen and oxygen atoms in total.